The molecule has 0 aliphatic rings. The molecule has 1 heterocycles. The molecule has 0 radical (unpaired) electrons. The lowest BCUT2D eigenvalue weighted by molar-refractivity contribution is -0.147. The second-order valence-corrected chi connectivity index (χ2v) is 5.60. The largest absolute Gasteiger partial charge is 0.480 e. The molecular weight excluding hydrogens is 296 g/mol. The van der Waals surface area contributed by atoms with Gasteiger partial charge in [-0.2, -0.15) is 0 Å². The second kappa shape index (κ2) is 7.04. The van der Waals surface area contributed by atoms with Crippen LogP contribution in [-0.2, 0) is 16.1 Å². The predicted octanol–water partition coefficient (Wildman–Crippen LogP) is 1.70. The molecule has 7 nitrogen and oxygen atoms in total. The average Bonchev–Trinajstić information content (AvgIpc) is 2.96. The Morgan fingerprint density at radius 3 is 2.61 bits per heavy atom. The molecule has 1 unspecified atom stereocenters. The first-order chi connectivity index (χ1) is 10.9. The first-order valence-electron chi connectivity index (χ1n) is 7.44. The highest BCUT2D eigenvalue weighted by molar-refractivity contribution is 5.86. The van der Waals surface area contributed by atoms with Gasteiger partial charge in [-0.15, -0.1) is 5.10 Å². The molecule has 0 bridgehead atoms. The molecule has 0 aliphatic heterocycles. The molecule has 0 saturated carbocycles. The van der Waals surface area contributed by atoms with Gasteiger partial charge in [0.05, 0.1) is 6.20 Å². The third-order valence-electron chi connectivity index (χ3n) is 3.55. The zero-order chi connectivity index (χ0) is 16.9. The topological polar surface area (TPSA) is 97.1 Å². The fourth-order valence-corrected chi connectivity index (χ4v) is 2.33. The molecule has 2 aromatic rings. The minimum atomic E-state index is -1.27. The Kier molecular flexibility index (Phi) is 5.10. The highest BCUT2D eigenvalue weighted by atomic mass is 16.4. The summed E-state index contributed by atoms with van der Waals surface area (Å²) in [4.78, 5) is 23.4. The van der Waals surface area contributed by atoms with E-state index in [0.717, 1.165) is 5.56 Å². The molecule has 2 N–H and O–H groups in total. The van der Waals surface area contributed by atoms with E-state index < -0.39 is 17.4 Å². The van der Waals surface area contributed by atoms with E-state index in [1.165, 1.54) is 11.6 Å². The number of nitrogens with one attached hydrogen (secondary N) is 1. The van der Waals surface area contributed by atoms with Crippen molar-refractivity contribution in [3.63, 3.8) is 0 Å². The van der Waals surface area contributed by atoms with Crippen molar-refractivity contribution < 1.29 is 14.7 Å². The van der Waals surface area contributed by atoms with Crippen LogP contribution in [0.4, 0.5) is 0 Å². The van der Waals surface area contributed by atoms with Gasteiger partial charge in [0, 0.05) is 5.56 Å². The van der Waals surface area contributed by atoms with Crippen LogP contribution in [-0.4, -0.2) is 37.5 Å². The Bertz CT molecular complexity index is 684. The van der Waals surface area contributed by atoms with Crippen LogP contribution < -0.4 is 5.32 Å². The molecule has 7 heteroatoms. The van der Waals surface area contributed by atoms with Gasteiger partial charge in [-0.3, -0.25) is 4.79 Å². The molecular formula is C16H20N4O3. The number of rotatable bonds is 7. The number of carboxylic acid groups (broad SMARTS) is 1. The fraction of sp³-hybridized carbons (Fsp3) is 0.375. The second-order valence-electron chi connectivity index (χ2n) is 5.60. The van der Waals surface area contributed by atoms with Gasteiger partial charge in [-0.05, 0) is 13.3 Å². The normalized spacial score (nSPS) is 13.3. The summed E-state index contributed by atoms with van der Waals surface area (Å²) in [5.41, 5.74) is 0.294. The number of nitrogens with zero attached hydrogens (tertiary/aromatic N) is 3. The number of hydrogen-bond donors (Lipinski definition) is 2. The summed E-state index contributed by atoms with van der Waals surface area (Å²) in [5.74, 6) is -1.45. The number of aliphatic carboxylic acids is 1. The van der Waals surface area contributed by atoms with E-state index in [1.54, 1.807) is 6.20 Å². The zero-order valence-electron chi connectivity index (χ0n) is 13.2. The molecule has 1 amide bonds. The molecule has 23 heavy (non-hydrogen) atoms. The summed E-state index contributed by atoms with van der Waals surface area (Å²) in [6.45, 7) is 3.30. The van der Waals surface area contributed by atoms with Crippen molar-refractivity contribution in [3.8, 4) is 11.3 Å². The van der Waals surface area contributed by atoms with Crippen LogP contribution in [0.25, 0.3) is 11.3 Å². The van der Waals surface area contributed by atoms with Crippen LogP contribution in [0.3, 0.4) is 0 Å². The van der Waals surface area contributed by atoms with E-state index in [1.807, 2.05) is 37.3 Å². The zero-order valence-corrected chi connectivity index (χ0v) is 13.2. The van der Waals surface area contributed by atoms with Gasteiger partial charge < -0.3 is 10.4 Å². The summed E-state index contributed by atoms with van der Waals surface area (Å²) < 4.78 is 1.39. The predicted molar refractivity (Wildman–Crippen MR) is 84.5 cm³/mol. The van der Waals surface area contributed by atoms with Crippen molar-refractivity contribution >= 4 is 11.9 Å². The number of carbonyl (C=O) groups is 2. The lowest BCUT2D eigenvalue weighted by Crippen LogP contribution is -2.53. The molecule has 0 saturated heterocycles. The summed E-state index contributed by atoms with van der Waals surface area (Å²) in [6.07, 6.45) is 2.68. The van der Waals surface area contributed by atoms with E-state index in [-0.39, 0.29) is 6.54 Å². The van der Waals surface area contributed by atoms with E-state index in [2.05, 4.69) is 15.6 Å². The molecule has 0 fully saturated rings. The molecule has 0 spiro atoms. The molecule has 2 rings (SSSR count). The van der Waals surface area contributed by atoms with Gasteiger partial charge >= 0.3 is 5.97 Å². The van der Waals surface area contributed by atoms with Gasteiger partial charge in [0.1, 0.15) is 17.8 Å². The van der Waals surface area contributed by atoms with Crippen LogP contribution in [0.15, 0.2) is 36.5 Å². The smallest absolute Gasteiger partial charge is 0.329 e. The number of carbonyl (C=O) groups excluding carboxylic acids is 1. The maximum atomic E-state index is 12.1. The van der Waals surface area contributed by atoms with Crippen LogP contribution in [0.1, 0.15) is 26.7 Å². The highest BCUT2D eigenvalue weighted by Gasteiger charge is 2.33. The summed E-state index contributed by atoms with van der Waals surface area (Å²) in [6, 6.07) is 9.49. The number of amides is 1. The van der Waals surface area contributed by atoms with Gasteiger partial charge in [0.25, 0.3) is 0 Å². The van der Waals surface area contributed by atoms with E-state index >= 15 is 0 Å². The van der Waals surface area contributed by atoms with Crippen molar-refractivity contribution in [2.24, 2.45) is 0 Å². The van der Waals surface area contributed by atoms with Gasteiger partial charge in [0.2, 0.25) is 5.91 Å². The monoisotopic (exact) mass is 316 g/mol. The van der Waals surface area contributed by atoms with Crippen molar-refractivity contribution in [2.75, 3.05) is 0 Å². The Morgan fingerprint density at radius 2 is 2.00 bits per heavy atom. The fourth-order valence-electron chi connectivity index (χ4n) is 2.33. The quantitative estimate of drug-likeness (QED) is 0.810. The maximum Gasteiger partial charge on any atom is 0.329 e. The Hall–Kier alpha value is -2.70. The van der Waals surface area contributed by atoms with E-state index in [9.17, 15) is 14.7 Å². The Balaban J connectivity index is 2.04. The summed E-state index contributed by atoms with van der Waals surface area (Å²) >= 11 is 0. The van der Waals surface area contributed by atoms with Crippen molar-refractivity contribution in [3.05, 3.63) is 36.5 Å². The van der Waals surface area contributed by atoms with Gasteiger partial charge in [0.15, 0.2) is 0 Å². The first-order valence-corrected chi connectivity index (χ1v) is 7.44. The maximum absolute atomic E-state index is 12.1. The lowest BCUT2D eigenvalue weighted by Gasteiger charge is -2.25. The number of hydrogen-bond acceptors (Lipinski definition) is 4. The van der Waals surface area contributed by atoms with E-state index in [4.69, 9.17) is 0 Å². The van der Waals surface area contributed by atoms with Crippen LogP contribution in [0, 0.1) is 0 Å². The minimum absolute atomic E-state index is 0.0770. The van der Waals surface area contributed by atoms with Crippen LogP contribution in [0.5, 0.6) is 0 Å². The van der Waals surface area contributed by atoms with E-state index in [0.29, 0.717) is 18.5 Å². The summed E-state index contributed by atoms with van der Waals surface area (Å²) in [5, 5.41) is 19.8. The van der Waals surface area contributed by atoms with Gasteiger partial charge in [-0.25, -0.2) is 9.48 Å². The molecule has 1 aromatic heterocycles. The standard InChI is InChI=1S/C16H20N4O3/c1-3-9-16(2,15(22)23)17-14(21)11-20-10-13(18-19-20)12-7-5-4-6-8-12/h4-8,10H,3,9,11H2,1-2H3,(H,17,21)(H,22,23). The van der Waals surface area contributed by atoms with Crippen molar-refractivity contribution in [1.29, 1.82) is 0 Å². The SMILES string of the molecule is CCCC(C)(NC(=O)Cn1cc(-c2ccccc2)nn1)C(=O)O. The third kappa shape index (κ3) is 4.15. The Labute approximate surface area is 134 Å². The third-order valence-corrected chi connectivity index (χ3v) is 3.55. The summed E-state index contributed by atoms with van der Waals surface area (Å²) in [7, 11) is 0. The Morgan fingerprint density at radius 1 is 1.30 bits per heavy atom. The van der Waals surface area contributed by atoms with Crippen LogP contribution in [0.2, 0.25) is 0 Å². The van der Waals surface area contributed by atoms with Crippen LogP contribution >= 0.6 is 0 Å². The van der Waals surface area contributed by atoms with Crippen molar-refractivity contribution in [1.82, 2.24) is 20.3 Å². The highest BCUT2D eigenvalue weighted by Crippen LogP contribution is 2.15. The lowest BCUT2D eigenvalue weighted by atomic mass is 9.96. The first kappa shape index (κ1) is 16.7. The van der Waals surface area contributed by atoms with Crippen molar-refractivity contribution in [2.45, 2.75) is 38.8 Å². The number of benzene rings is 1. The average molecular weight is 316 g/mol. The van der Waals surface area contributed by atoms with Gasteiger partial charge in [-0.1, -0.05) is 48.9 Å². The molecule has 1 atom stereocenters. The molecule has 0 aliphatic carbocycles. The minimum Gasteiger partial charge on any atom is -0.480 e. The number of aromatic nitrogens is 3. The molecule has 1 aromatic carbocycles. The number of carboxylic acids is 1. The molecule has 122 valence electrons.